The van der Waals surface area contributed by atoms with Crippen molar-refractivity contribution in [2.24, 2.45) is 0 Å². The molecular formula is C27H31N5O4. The molecule has 3 N–H and O–H groups in total. The van der Waals surface area contributed by atoms with E-state index in [0.717, 1.165) is 16.8 Å². The van der Waals surface area contributed by atoms with Crippen LogP contribution in [0.15, 0.2) is 54.7 Å². The SMILES string of the molecule is CC(C)(C)OC(=O)NC(C)(C)c1ccc(-c2nc(Nc3ccc(OCCO)cc3)ncc2C#N)cc1. The molecule has 0 spiro atoms. The number of carbonyl (C=O) groups excluding carboxylic acids is 1. The van der Waals surface area contributed by atoms with Crippen LogP contribution in [0, 0.1) is 11.3 Å². The Morgan fingerprint density at radius 2 is 1.72 bits per heavy atom. The molecule has 36 heavy (non-hydrogen) atoms. The van der Waals surface area contributed by atoms with Crippen LogP contribution in [0.25, 0.3) is 11.3 Å². The van der Waals surface area contributed by atoms with Crippen LogP contribution in [-0.4, -0.2) is 40.0 Å². The molecule has 0 saturated heterocycles. The maximum atomic E-state index is 12.3. The van der Waals surface area contributed by atoms with Crippen LogP contribution in [0.5, 0.6) is 5.75 Å². The Kier molecular flexibility index (Phi) is 8.12. The quantitative estimate of drug-likeness (QED) is 0.408. The van der Waals surface area contributed by atoms with E-state index in [1.54, 1.807) is 12.1 Å². The summed E-state index contributed by atoms with van der Waals surface area (Å²) in [6.07, 6.45) is 0.980. The zero-order chi connectivity index (χ0) is 26.3. The summed E-state index contributed by atoms with van der Waals surface area (Å²) in [5.41, 5.74) is 1.91. The Bertz CT molecular complexity index is 1230. The first-order valence-electron chi connectivity index (χ1n) is 11.5. The van der Waals surface area contributed by atoms with E-state index in [4.69, 9.17) is 14.6 Å². The molecule has 1 aromatic heterocycles. The fourth-order valence-electron chi connectivity index (χ4n) is 3.35. The topological polar surface area (TPSA) is 129 Å². The second-order valence-corrected chi connectivity index (χ2v) is 9.62. The van der Waals surface area contributed by atoms with Gasteiger partial charge in [0.25, 0.3) is 0 Å². The smallest absolute Gasteiger partial charge is 0.408 e. The molecule has 0 aliphatic carbocycles. The van der Waals surface area contributed by atoms with E-state index in [2.05, 4.69) is 26.7 Å². The van der Waals surface area contributed by atoms with Crippen molar-refractivity contribution in [1.82, 2.24) is 15.3 Å². The number of alkyl carbamates (subject to hydrolysis) is 1. The van der Waals surface area contributed by atoms with Crippen LogP contribution in [-0.2, 0) is 10.3 Å². The van der Waals surface area contributed by atoms with E-state index in [1.807, 2.05) is 71.0 Å². The number of carbonyl (C=O) groups is 1. The van der Waals surface area contributed by atoms with Gasteiger partial charge in [0.1, 0.15) is 24.0 Å². The number of nitrogens with one attached hydrogen (secondary N) is 2. The second kappa shape index (κ2) is 11.1. The lowest BCUT2D eigenvalue weighted by atomic mass is 9.93. The molecule has 0 aliphatic rings. The molecule has 0 fully saturated rings. The van der Waals surface area contributed by atoms with Crippen molar-refractivity contribution in [2.45, 2.75) is 45.8 Å². The first-order chi connectivity index (χ1) is 17.0. The number of ether oxygens (including phenoxy) is 2. The zero-order valence-electron chi connectivity index (χ0n) is 21.1. The number of hydrogen-bond donors (Lipinski definition) is 3. The average Bonchev–Trinajstić information content (AvgIpc) is 2.82. The molecule has 0 bridgehead atoms. The van der Waals surface area contributed by atoms with Gasteiger partial charge in [0.2, 0.25) is 5.95 Å². The van der Waals surface area contributed by atoms with Gasteiger partial charge in [-0.1, -0.05) is 24.3 Å². The largest absolute Gasteiger partial charge is 0.491 e. The van der Waals surface area contributed by atoms with E-state index in [-0.39, 0.29) is 13.2 Å². The van der Waals surface area contributed by atoms with Gasteiger partial charge in [-0.3, -0.25) is 0 Å². The average molecular weight is 490 g/mol. The number of amides is 1. The molecule has 188 valence electrons. The minimum atomic E-state index is -0.676. The maximum absolute atomic E-state index is 12.3. The Labute approximate surface area is 211 Å². The third-order valence-electron chi connectivity index (χ3n) is 5.07. The number of aromatic nitrogens is 2. The Balaban J connectivity index is 1.79. The zero-order valence-corrected chi connectivity index (χ0v) is 21.1. The summed E-state index contributed by atoms with van der Waals surface area (Å²) >= 11 is 0. The molecule has 9 heteroatoms. The third kappa shape index (κ3) is 7.17. The fraction of sp³-hybridized carbons (Fsp3) is 0.333. The molecule has 1 amide bonds. The highest BCUT2D eigenvalue weighted by Gasteiger charge is 2.26. The summed E-state index contributed by atoms with van der Waals surface area (Å²) in [4.78, 5) is 21.1. The fourth-order valence-corrected chi connectivity index (χ4v) is 3.35. The molecule has 0 saturated carbocycles. The van der Waals surface area contributed by atoms with Crippen molar-refractivity contribution in [3.63, 3.8) is 0 Å². The number of aliphatic hydroxyl groups is 1. The third-order valence-corrected chi connectivity index (χ3v) is 5.07. The van der Waals surface area contributed by atoms with E-state index in [0.29, 0.717) is 23.0 Å². The molecule has 0 atom stereocenters. The molecule has 1 heterocycles. The van der Waals surface area contributed by atoms with Gasteiger partial charge in [0.15, 0.2) is 0 Å². The Morgan fingerprint density at radius 1 is 1.06 bits per heavy atom. The van der Waals surface area contributed by atoms with Gasteiger partial charge in [-0.05, 0) is 64.4 Å². The highest BCUT2D eigenvalue weighted by atomic mass is 16.6. The highest BCUT2D eigenvalue weighted by Crippen LogP contribution is 2.27. The van der Waals surface area contributed by atoms with Crippen LogP contribution in [0.4, 0.5) is 16.4 Å². The van der Waals surface area contributed by atoms with Crippen LogP contribution < -0.4 is 15.4 Å². The lowest BCUT2D eigenvalue weighted by molar-refractivity contribution is 0.0470. The van der Waals surface area contributed by atoms with E-state index >= 15 is 0 Å². The van der Waals surface area contributed by atoms with E-state index in [9.17, 15) is 10.1 Å². The van der Waals surface area contributed by atoms with Gasteiger partial charge in [0.05, 0.1) is 29.6 Å². The second-order valence-electron chi connectivity index (χ2n) is 9.62. The lowest BCUT2D eigenvalue weighted by Crippen LogP contribution is -2.43. The number of nitriles is 1. The summed E-state index contributed by atoms with van der Waals surface area (Å²) in [7, 11) is 0. The van der Waals surface area contributed by atoms with Crippen molar-refractivity contribution < 1.29 is 19.4 Å². The van der Waals surface area contributed by atoms with Crippen molar-refractivity contribution in [2.75, 3.05) is 18.5 Å². The Morgan fingerprint density at radius 3 is 2.31 bits per heavy atom. The van der Waals surface area contributed by atoms with Crippen LogP contribution in [0.1, 0.15) is 45.7 Å². The molecule has 9 nitrogen and oxygen atoms in total. The monoisotopic (exact) mass is 489 g/mol. The van der Waals surface area contributed by atoms with Gasteiger partial charge in [-0.2, -0.15) is 5.26 Å². The summed E-state index contributed by atoms with van der Waals surface area (Å²) in [5, 5.41) is 24.5. The molecule has 2 aromatic carbocycles. The van der Waals surface area contributed by atoms with Crippen LogP contribution >= 0.6 is 0 Å². The molecule has 0 radical (unpaired) electrons. The van der Waals surface area contributed by atoms with Gasteiger partial charge in [0, 0.05) is 11.3 Å². The van der Waals surface area contributed by atoms with Crippen LogP contribution in [0.3, 0.4) is 0 Å². The maximum Gasteiger partial charge on any atom is 0.408 e. The minimum absolute atomic E-state index is 0.0550. The van der Waals surface area contributed by atoms with Gasteiger partial charge >= 0.3 is 6.09 Å². The number of nitrogens with zero attached hydrogens (tertiary/aromatic N) is 3. The number of anilines is 2. The summed E-state index contributed by atoms with van der Waals surface area (Å²) in [6.45, 7) is 9.39. The summed E-state index contributed by atoms with van der Waals surface area (Å²) in [5.74, 6) is 0.976. The van der Waals surface area contributed by atoms with Crippen LogP contribution in [0.2, 0.25) is 0 Å². The number of hydrogen-bond acceptors (Lipinski definition) is 8. The van der Waals surface area contributed by atoms with Crippen molar-refractivity contribution in [3.05, 3.63) is 65.9 Å². The lowest BCUT2D eigenvalue weighted by Gasteiger charge is -2.29. The van der Waals surface area contributed by atoms with Crippen molar-refractivity contribution in [3.8, 4) is 23.1 Å². The molecular weight excluding hydrogens is 458 g/mol. The van der Waals surface area contributed by atoms with Crippen molar-refractivity contribution in [1.29, 1.82) is 5.26 Å². The molecule has 3 rings (SSSR count). The predicted molar refractivity (Wildman–Crippen MR) is 137 cm³/mol. The van der Waals surface area contributed by atoms with E-state index in [1.165, 1.54) is 6.20 Å². The number of aliphatic hydroxyl groups excluding tert-OH is 1. The predicted octanol–water partition coefficient (Wildman–Crippen LogP) is 4.89. The minimum Gasteiger partial charge on any atom is -0.491 e. The van der Waals surface area contributed by atoms with Gasteiger partial charge in [-0.25, -0.2) is 14.8 Å². The number of rotatable bonds is 8. The van der Waals surface area contributed by atoms with Gasteiger partial charge < -0.3 is 25.2 Å². The first kappa shape index (κ1) is 26.4. The molecule has 0 unspecified atom stereocenters. The van der Waals surface area contributed by atoms with E-state index < -0.39 is 17.2 Å². The molecule has 3 aromatic rings. The Hall–Kier alpha value is -4.16. The summed E-state index contributed by atoms with van der Waals surface area (Å²) < 4.78 is 10.7. The van der Waals surface area contributed by atoms with Gasteiger partial charge in [-0.15, -0.1) is 0 Å². The highest BCUT2D eigenvalue weighted by molar-refractivity contribution is 5.70. The normalized spacial score (nSPS) is 11.4. The number of benzene rings is 2. The first-order valence-corrected chi connectivity index (χ1v) is 11.5. The molecule has 0 aliphatic heterocycles. The standard InChI is InChI=1S/C27H31N5O4/c1-26(2,3)36-25(34)32-27(4,5)20-8-6-18(7-9-20)23-19(16-28)17-29-24(31-23)30-21-10-12-22(13-11-21)35-15-14-33/h6-13,17,33H,14-15H2,1-5H3,(H,32,34)(H,29,30,31). The van der Waals surface area contributed by atoms with Crippen molar-refractivity contribution >= 4 is 17.7 Å². The summed E-state index contributed by atoms with van der Waals surface area (Å²) in [6, 6.07) is 16.8.